The molecule has 0 unspecified atom stereocenters. The number of halogens is 1. The Labute approximate surface area is 162 Å². The van der Waals surface area contributed by atoms with Crippen molar-refractivity contribution in [3.8, 4) is 11.1 Å². The highest BCUT2D eigenvalue weighted by molar-refractivity contribution is 7.89. The molecule has 11 heteroatoms. The average molecular weight is 426 g/mol. The van der Waals surface area contributed by atoms with Gasteiger partial charge in [0.2, 0.25) is 10.0 Å². The Morgan fingerprint density at radius 2 is 1.93 bits per heavy atom. The highest BCUT2D eigenvalue weighted by Gasteiger charge is 2.22. The van der Waals surface area contributed by atoms with Gasteiger partial charge >= 0.3 is 0 Å². The lowest BCUT2D eigenvalue weighted by molar-refractivity contribution is 0.466. The molecule has 0 aliphatic heterocycles. The van der Waals surface area contributed by atoms with Crippen molar-refractivity contribution in [2.75, 3.05) is 26.4 Å². The fourth-order valence-electron chi connectivity index (χ4n) is 2.70. The predicted molar refractivity (Wildman–Crippen MR) is 104 cm³/mol. The lowest BCUT2D eigenvalue weighted by atomic mass is 10.1. The number of pyridine rings is 1. The number of sulfonamides is 2. The molecule has 0 bridgehead atoms. The minimum Gasteiger partial charge on any atom is -0.360 e. The van der Waals surface area contributed by atoms with E-state index in [0.717, 1.165) is 21.5 Å². The maximum absolute atomic E-state index is 13.3. The highest BCUT2D eigenvalue weighted by Crippen LogP contribution is 2.29. The first-order valence-electron chi connectivity index (χ1n) is 8.22. The van der Waals surface area contributed by atoms with Crippen LogP contribution in [0.15, 0.2) is 47.8 Å². The van der Waals surface area contributed by atoms with E-state index in [4.69, 9.17) is 0 Å². The molecule has 28 heavy (non-hydrogen) atoms. The Hall–Kier alpha value is -2.34. The van der Waals surface area contributed by atoms with Crippen molar-refractivity contribution in [2.45, 2.75) is 5.03 Å². The molecule has 3 aromatic rings. The molecule has 150 valence electrons. The third-order valence-electron chi connectivity index (χ3n) is 4.16. The second-order valence-corrected chi connectivity index (χ2v) is 10.1. The number of benzene rings is 1. The van der Waals surface area contributed by atoms with Crippen LogP contribution in [0.4, 0.5) is 4.39 Å². The van der Waals surface area contributed by atoms with Crippen molar-refractivity contribution in [2.24, 2.45) is 0 Å². The molecule has 2 N–H and O–H groups in total. The Morgan fingerprint density at radius 1 is 1.18 bits per heavy atom. The molecule has 0 saturated carbocycles. The molecule has 8 nitrogen and oxygen atoms in total. The van der Waals surface area contributed by atoms with Crippen LogP contribution in [0.5, 0.6) is 0 Å². The summed E-state index contributed by atoms with van der Waals surface area (Å²) >= 11 is 0. The molecule has 0 radical (unpaired) electrons. The third kappa shape index (κ3) is 4.38. The van der Waals surface area contributed by atoms with Crippen LogP contribution < -0.4 is 4.72 Å². The maximum atomic E-state index is 13.3. The zero-order valence-electron chi connectivity index (χ0n) is 15.2. The van der Waals surface area contributed by atoms with E-state index in [1.165, 1.54) is 31.4 Å². The molecular weight excluding hydrogens is 407 g/mol. The first-order chi connectivity index (χ1) is 13.1. The quantitative estimate of drug-likeness (QED) is 0.595. The smallest absolute Gasteiger partial charge is 0.260 e. The van der Waals surface area contributed by atoms with Crippen molar-refractivity contribution in [3.05, 3.63) is 48.5 Å². The fourth-order valence-corrected chi connectivity index (χ4v) is 4.24. The summed E-state index contributed by atoms with van der Waals surface area (Å²) in [5, 5.41) is 0.645. The summed E-state index contributed by atoms with van der Waals surface area (Å²) in [6.45, 7) is -0.0780. The van der Waals surface area contributed by atoms with Crippen LogP contribution >= 0.6 is 0 Å². The number of nitrogens with zero attached hydrogens (tertiary/aromatic N) is 2. The van der Waals surface area contributed by atoms with Crippen LogP contribution in [0.25, 0.3) is 22.0 Å². The lowest BCUT2D eigenvalue weighted by Gasteiger charge is -2.16. The van der Waals surface area contributed by atoms with Gasteiger partial charge in [0, 0.05) is 54.6 Å². The van der Waals surface area contributed by atoms with Crippen molar-refractivity contribution in [1.29, 1.82) is 0 Å². The van der Waals surface area contributed by atoms with E-state index >= 15 is 0 Å². The highest BCUT2D eigenvalue weighted by atomic mass is 32.2. The number of aromatic amines is 1. The van der Waals surface area contributed by atoms with E-state index in [2.05, 4.69) is 14.7 Å². The van der Waals surface area contributed by atoms with Gasteiger partial charge in [-0.3, -0.25) is 0 Å². The van der Waals surface area contributed by atoms with Gasteiger partial charge < -0.3 is 4.98 Å². The van der Waals surface area contributed by atoms with Gasteiger partial charge in [-0.15, -0.1) is 0 Å². The van der Waals surface area contributed by atoms with E-state index in [0.29, 0.717) is 11.1 Å². The molecule has 0 atom stereocenters. The van der Waals surface area contributed by atoms with Gasteiger partial charge in [-0.2, -0.15) is 4.31 Å². The average Bonchev–Trinajstić information content (AvgIpc) is 3.03. The van der Waals surface area contributed by atoms with E-state index < -0.39 is 20.0 Å². The first kappa shape index (κ1) is 20.4. The van der Waals surface area contributed by atoms with E-state index in [9.17, 15) is 21.2 Å². The second-order valence-electron chi connectivity index (χ2n) is 6.27. The fraction of sp³-hybridized carbons (Fsp3) is 0.235. The summed E-state index contributed by atoms with van der Waals surface area (Å²) in [6.07, 6.45) is 4.14. The normalized spacial score (nSPS) is 12.7. The van der Waals surface area contributed by atoms with Crippen LogP contribution in [-0.4, -0.2) is 57.5 Å². The van der Waals surface area contributed by atoms with Crippen LogP contribution in [-0.2, 0) is 20.0 Å². The van der Waals surface area contributed by atoms with Crippen LogP contribution in [0.2, 0.25) is 0 Å². The molecule has 2 heterocycles. The molecule has 0 fully saturated rings. The molecule has 0 amide bonds. The van der Waals surface area contributed by atoms with Gasteiger partial charge in [0.05, 0.1) is 6.26 Å². The number of hydrogen-bond donors (Lipinski definition) is 2. The Bertz CT molecular complexity index is 1210. The van der Waals surface area contributed by atoms with Crippen LogP contribution in [0.3, 0.4) is 0 Å². The Balaban J connectivity index is 1.81. The van der Waals surface area contributed by atoms with Crippen LogP contribution in [0, 0.1) is 5.82 Å². The molecule has 3 rings (SSSR count). The van der Waals surface area contributed by atoms with Gasteiger partial charge in [-0.1, -0.05) is 0 Å². The van der Waals surface area contributed by atoms with E-state index in [-0.39, 0.29) is 23.9 Å². The second kappa shape index (κ2) is 7.59. The summed E-state index contributed by atoms with van der Waals surface area (Å²) < 4.78 is 63.9. The molecule has 1 aromatic carbocycles. The monoisotopic (exact) mass is 426 g/mol. The molecular formula is C17H19FN4O4S2. The number of rotatable bonds is 7. The number of fused-ring (bicyclic) bond motifs is 1. The number of likely N-dealkylation sites (N-methyl/N-ethyl adjacent to an activating group) is 1. The van der Waals surface area contributed by atoms with Crippen molar-refractivity contribution in [3.63, 3.8) is 0 Å². The molecule has 0 spiro atoms. The van der Waals surface area contributed by atoms with Crippen LogP contribution in [0.1, 0.15) is 0 Å². The zero-order chi connectivity index (χ0) is 20.5. The standard InChI is InChI=1S/C17H19FN4O4S2/c1-22(8-7-21-27(2,23)24)28(25,26)17-6-3-12(10-20-17)15-11-19-16-9-13(18)4-5-14(15)16/h3-6,9-11,19,21H,7-8H2,1-2H3. The maximum Gasteiger partial charge on any atom is 0.260 e. The van der Waals surface area contributed by atoms with Crippen molar-refractivity contribution >= 4 is 30.9 Å². The zero-order valence-corrected chi connectivity index (χ0v) is 16.8. The van der Waals surface area contributed by atoms with Gasteiger partial charge in [0.25, 0.3) is 10.0 Å². The minimum atomic E-state index is -3.86. The SMILES string of the molecule is CN(CCNS(C)(=O)=O)S(=O)(=O)c1ccc(-c2c[nH]c3cc(F)ccc23)cn1. The largest absolute Gasteiger partial charge is 0.360 e. The number of H-pyrrole nitrogens is 1. The predicted octanol–water partition coefficient (Wildman–Crippen LogP) is 1.54. The van der Waals surface area contributed by atoms with Crippen molar-refractivity contribution < 1.29 is 21.2 Å². The Morgan fingerprint density at radius 3 is 2.57 bits per heavy atom. The minimum absolute atomic E-state index is 0.0349. The van der Waals surface area contributed by atoms with E-state index in [1.54, 1.807) is 18.3 Å². The van der Waals surface area contributed by atoms with Gasteiger partial charge in [0.15, 0.2) is 5.03 Å². The number of hydrogen-bond acceptors (Lipinski definition) is 5. The summed E-state index contributed by atoms with van der Waals surface area (Å²) in [6, 6.07) is 7.38. The number of aromatic nitrogens is 2. The number of nitrogens with one attached hydrogen (secondary N) is 2. The van der Waals surface area contributed by atoms with Gasteiger partial charge in [-0.25, -0.2) is 30.9 Å². The molecule has 0 saturated heterocycles. The topological polar surface area (TPSA) is 112 Å². The molecule has 0 aliphatic rings. The van der Waals surface area contributed by atoms with Gasteiger partial charge in [-0.05, 0) is 30.3 Å². The summed E-state index contributed by atoms with van der Waals surface area (Å²) in [7, 11) is -5.91. The molecule has 2 aromatic heterocycles. The first-order valence-corrected chi connectivity index (χ1v) is 11.5. The summed E-state index contributed by atoms with van der Waals surface area (Å²) in [5.41, 5.74) is 2.08. The third-order valence-corrected chi connectivity index (χ3v) is 6.66. The Kier molecular flexibility index (Phi) is 5.53. The van der Waals surface area contributed by atoms with E-state index in [1.807, 2.05) is 0 Å². The lowest BCUT2D eigenvalue weighted by Crippen LogP contribution is -2.36. The summed E-state index contributed by atoms with van der Waals surface area (Å²) in [5.74, 6) is -0.353. The summed E-state index contributed by atoms with van der Waals surface area (Å²) in [4.78, 5) is 7.03. The van der Waals surface area contributed by atoms with Crippen molar-refractivity contribution in [1.82, 2.24) is 19.0 Å². The molecule has 0 aliphatic carbocycles. The van der Waals surface area contributed by atoms with Gasteiger partial charge in [0.1, 0.15) is 5.82 Å².